The Bertz CT molecular complexity index is 638. The second-order valence-corrected chi connectivity index (χ2v) is 4.49. The van der Waals surface area contributed by atoms with Crippen LogP contribution in [0.25, 0.3) is 0 Å². The first kappa shape index (κ1) is 14.7. The second-order valence-electron chi connectivity index (χ2n) is 4.49. The molecule has 110 valence electrons. The maximum absolute atomic E-state index is 12.6. The molecule has 0 heterocycles. The van der Waals surface area contributed by atoms with Crippen molar-refractivity contribution in [2.45, 2.75) is 0 Å². The number of ether oxygens (including phenoxy) is 2. The Kier molecular flexibility index (Phi) is 4.33. The molecule has 21 heavy (non-hydrogen) atoms. The molecule has 1 amide bonds. The van der Waals surface area contributed by atoms with Crippen molar-refractivity contribution >= 4 is 17.3 Å². The number of rotatable bonds is 4. The first-order valence-electron chi connectivity index (χ1n) is 6.43. The topological polar surface area (TPSA) is 64.8 Å². The van der Waals surface area contributed by atoms with Crippen molar-refractivity contribution in [3.8, 4) is 11.5 Å². The van der Waals surface area contributed by atoms with E-state index in [1.165, 1.54) is 12.0 Å². The van der Waals surface area contributed by atoms with Gasteiger partial charge in [0.1, 0.15) is 17.1 Å². The number of nitrogen functional groups attached to an aromatic ring is 1. The Morgan fingerprint density at radius 1 is 1.05 bits per heavy atom. The highest BCUT2D eigenvalue weighted by atomic mass is 16.5. The number of amides is 1. The van der Waals surface area contributed by atoms with E-state index in [9.17, 15) is 4.79 Å². The molecule has 0 radical (unpaired) electrons. The van der Waals surface area contributed by atoms with E-state index in [2.05, 4.69) is 0 Å². The highest BCUT2D eigenvalue weighted by Gasteiger charge is 2.20. The average molecular weight is 286 g/mol. The summed E-state index contributed by atoms with van der Waals surface area (Å²) in [4.78, 5) is 14.2. The molecule has 0 bridgehead atoms. The monoisotopic (exact) mass is 286 g/mol. The molecule has 5 heteroatoms. The van der Waals surface area contributed by atoms with Crippen LogP contribution in [0, 0.1) is 0 Å². The lowest BCUT2D eigenvalue weighted by atomic mass is 10.1. The molecule has 0 unspecified atom stereocenters. The summed E-state index contributed by atoms with van der Waals surface area (Å²) < 4.78 is 10.3. The lowest BCUT2D eigenvalue weighted by Crippen LogP contribution is -2.27. The summed E-state index contributed by atoms with van der Waals surface area (Å²) in [6, 6.07) is 12.3. The first-order chi connectivity index (χ1) is 10.1. The van der Waals surface area contributed by atoms with Gasteiger partial charge < -0.3 is 20.1 Å². The molecule has 0 aromatic heterocycles. The van der Waals surface area contributed by atoms with Crippen molar-refractivity contribution in [3.63, 3.8) is 0 Å². The van der Waals surface area contributed by atoms with Crippen LogP contribution in [0.1, 0.15) is 10.4 Å². The van der Waals surface area contributed by atoms with E-state index in [1.54, 1.807) is 44.5 Å². The van der Waals surface area contributed by atoms with Crippen LogP contribution >= 0.6 is 0 Å². The molecule has 0 saturated carbocycles. The van der Waals surface area contributed by atoms with Gasteiger partial charge in [-0.2, -0.15) is 0 Å². The lowest BCUT2D eigenvalue weighted by molar-refractivity contribution is 0.0991. The van der Waals surface area contributed by atoms with Gasteiger partial charge in [-0.1, -0.05) is 6.07 Å². The maximum atomic E-state index is 12.6. The number of nitrogens with two attached hydrogens (primary N) is 1. The van der Waals surface area contributed by atoms with Crippen molar-refractivity contribution in [1.29, 1.82) is 0 Å². The minimum atomic E-state index is -0.227. The number of carbonyl (C=O) groups excluding carboxylic acids is 1. The van der Waals surface area contributed by atoms with Crippen LogP contribution in [-0.2, 0) is 0 Å². The van der Waals surface area contributed by atoms with E-state index in [-0.39, 0.29) is 5.91 Å². The zero-order valence-electron chi connectivity index (χ0n) is 12.3. The molecule has 2 rings (SSSR count). The number of nitrogens with zero attached hydrogens (tertiary/aromatic N) is 1. The van der Waals surface area contributed by atoms with Gasteiger partial charge in [0.05, 0.1) is 14.2 Å². The molecular formula is C16H18N2O3. The van der Waals surface area contributed by atoms with E-state index in [1.807, 2.05) is 12.1 Å². The number of benzene rings is 2. The van der Waals surface area contributed by atoms with E-state index < -0.39 is 0 Å². The highest BCUT2D eigenvalue weighted by Crippen LogP contribution is 2.27. The Balaban J connectivity index is 2.34. The summed E-state index contributed by atoms with van der Waals surface area (Å²) >= 11 is 0. The van der Waals surface area contributed by atoms with Crippen LogP contribution in [0.3, 0.4) is 0 Å². The minimum absolute atomic E-state index is 0.227. The van der Waals surface area contributed by atoms with Crippen LogP contribution in [0.2, 0.25) is 0 Å². The zero-order valence-corrected chi connectivity index (χ0v) is 12.3. The summed E-state index contributed by atoms with van der Waals surface area (Å²) in [6.07, 6.45) is 0. The van der Waals surface area contributed by atoms with E-state index in [4.69, 9.17) is 15.2 Å². The number of anilines is 2. The molecule has 2 aromatic carbocycles. The maximum Gasteiger partial charge on any atom is 0.263 e. The van der Waals surface area contributed by atoms with Crippen molar-refractivity contribution in [2.24, 2.45) is 0 Å². The van der Waals surface area contributed by atoms with Gasteiger partial charge in [-0.25, -0.2) is 0 Å². The fourth-order valence-corrected chi connectivity index (χ4v) is 2.04. The summed E-state index contributed by atoms with van der Waals surface area (Å²) in [7, 11) is 4.80. The quantitative estimate of drug-likeness (QED) is 0.877. The van der Waals surface area contributed by atoms with E-state index >= 15 is 0 Å². The van der Waals surface area contributed by atoms with Gasteiger partial charge in [-0.05, 0) is 36.4 Å². The molecule has 0 spiro atoms. The number of hydrogen-bond donors (Lipinski definition) is 1. The van der Waals surface area contributed by atoms with Gasteiger partial charge in [-0.15, -0.1) is 0 Å². The van der Waals surface area contributed by atoms with E-state index in [0.29, 0.717) is 17.0 Å². The van der Waals surface area contributed by atoms with Gasteiger partial charge >= 0.3 is 0 Å². The fraction of sp³-hybridized carbons (Fsp3) is 0.188. The molecule has 0 aliphatic rings. The van der Waals surface area contributed by atoms with Gasteiger partial charge in [0.25, 0.3) is 5.91 Å². The average Bonchev–Trinajstić information content (AvgIpc) is 2.53. The highest BCUT2D eigenvalue weighted by molar-refractivity contribution is 6.10. The normalized spacial score (nSPS) is 10.0. The van der Waals surface area contributed by atoms with E-state index in [0.717, 1.165) is 11.4 Å². The molecule has 2 aromatic rings. The van der Waals surface area contributed by atoms with Gasteiger partial charge in [0.2, 0.25) is 0 Å². The molecule has 0 aliphatic carbocycles. The van der Waals surface area contributed by atoms with Crippen LogP contribution in [0.5, 0.6) is 11.5 Å². The third-order valence-corrected chi connectivity index (χ3v) is 3.26. The van der Waals surface area contributed by atoms with Crippen LogP contribution < -0.4 is 20.1 Å². The summed E-state index contributed by atoms with van der Waals surface area (Å²) in [6.45, 7) is 0. The molecule has 0 atom stereocenters. The van der Waals surface area contributed by atoms with Gasteiger partial charge in [0.15, 0.2) is 0 Å². The van der Waals surface area contributed by atoms with Crippen molar-refractivity contribution < 1.29 is 14.3 Å². The number of hydrogen-bond acceptors (Lipinski definition) is 4. The molecule has 5 nitrogen and oxygen atoms in total. The minimum Gasteiger partial charge on any atom is -0.497 e. The Morgan fingerprint density at radius 3 is 2.29 bits per heavy atom. The Labute approximate surface area is 123 Å². The summed E-state index contributed by atoms with van der Waals surface area (Å²) in [5.74, 6) is 0.965. The van der Waals surface area contributed by atoms with Gasteiger partial charge in [0, 0.05) is 18.4 Å². The molecule has 0 aliphatic heterocycles. The fourth-order valence-electron chi connectivity index (χ4n) is 2.04. The molecule has 2 N–H and O–H groups in total. The molecular weight excluding hydrogens is 268 g/mol. The smallest absolute Gasteiger partial charge is 0.263 e. The van der Waals surface area contributed by atoms with Crippen molar-refractivity contribution in [3.05, 3.63) is 48.0 Å². The van der Waals surface area contributed by atoms with Crippen LogP contribution in [0.15, 0.2) is 42.5 Å². The SMILES string of the molecule is COc1ccc(N(C)C(=O)c2c(N)cccc2OC)cc1. The Morgan fingerprint density at radius 2 is 1.71 bits per heavy atom. The molecule has 0 fully saturated rings. The standard InChI is InChI=1S/C16H18N2O3/c1-18(11-7-9-12(20-2)10-8-11)16(19)15-13(17)5-4-6-14(15)21-3/h4-10H,17H2,1-3H3. The van der Waals surface area contributed by atoms with Crippen molar-refractivity contribution in [1.82, 2.24) is 0 Å². The molecule has 0 saturated heterocycles. The summed E-state index contributed by atoms with van der Waals surface area (Å²) in [5, 5.41) is 0. The third-order valence-electron chi connectivity index (χ3n) is 3.26. The summed E-state index contributed by atoms with van der Waals surface area (Å²) in [5.41, 5.74) is 7.40. The third kappa shape index (κ3) is 2.91. The Hall–Kier alpha value is -2.69. The number of methoxy groups -OCH3 is 2. The van der Waals surface area contributed by atoms with Crippen molar-refractivity contribution in [2.75, 3.05) is 31.9 Å². The lowest BCUT2D eigenvalue weighted by Gasteiger charge is -2.20. The zero-order chi connectivity index (χ0) is 15.4. The largest absolute Gasteiger partial charge is 0.497 e. The second kappa shape index (κ2) is 6.17. The van der Waals surface area contributed by atoms with Crippen LogP contribution in [0.4, 0.5) is 11.4 Å². The first-order valence-corrected chi connectivity index (χ1v) is 6.43. The number of carbonyl (C=O) groups is 1. The van der Waals surface area contributed by atoms with Crippen LogP contribution in [-0.4, -0.2) is 27.2 Å². The predicted octanol–water partition coefficient (Wildman–Crippen LogP) is 2.56. The predicted molar refractivity (Wildman–Crippen MR) is 83.1 cm³/mol. The van der Waals surface area contributed by atoms with Gasteiger partial charge in [-0.3, -0.25) is 4.79 Å².